The van der Waals surface area contributed by atoms with Gasteiger partial charge in [-0.1, -0.05) is 0 Å². The summed E-state index contributed by atoms with van der Waals surface area (Å²) in [5, 5.41) is 1.03. The Balaban J connectivity index is 2.83. The molecule has 0 radical (unpaired) electrons. The van der Waals surface area contributed by atoms with Crippen LogP contribution < -0.4 is 0 Å². The molecule has 1 aromatic heterocycles. The van der Waals surface area contributed by atoms with Crippen molar-refractivity contribution in [2.75, 3.05) is 0 Å². The van der Waals surface area contributed by atoms with Crippen LogP contribution >= 0.6 is 15.9 Å². The van der Waals surface area contributed by atoms with E-state index in [0.717, 1.165) is 16.6 Å². The number of halogens is 2. The number of aromatic amines is 1. The Morgan fingerprint density at radius 2 is 2.08 bits per heavy atom. The molecule has 1 nitrogen and oxygen atoms in total. The molecule has 0 spiro atoms. The maximum absolute atomic E-state index is 13.0. The third-order valence-electron chi connectivity index (χ3n) is 1.80. The average molecular weight is 228 g/mol. The van der Waals surface area contributed by atoms with Crippen molar-refractivity contribution in [2.24, 2.45) is 0 Å². The van der Waals surface area contributed by atoms with Crippen molar-refractivity contribution in [3.05, 3.63) is 34.2 Å². The van der Waals surface area contributed by atoms with E-state index in [1.165, 1.54) is 6.07 Å². The van der Waals surface area contributed by atoms with Crippen molar-refractivity contribution in [3.8, 4) is 0 Å². The van der Waals surface area contributed by atoms with Gasteiger partial charge in [-0.2, -0.15) is 0 Å². The summed E-state index contributed by atoms with van der Waals surface area (Å²) in [5.74, 6) is -0.232. The second-order valence-corrected chi connectivity index (χ2v) is 3.66. The van der Waals surface area contributed by atoms with Gasteiger partial charge in [-0.25, -0.2) is 4.39 Å². The van der Waals surface area contributed by atoms with Gasteiger partial charge in [0.15, 0.2) is 0 Å². The maximum atomic E-state index is 13.0. The van der Waals surface area contributed by atoms with E-state index in [1.807, 2.05) is 13.0 Å². The van der Waals surface area contributed by atoms with Gasteiger partial charge in [0.1, 0.15) is 5.82 Å². The van der Waals surface area contributed by atoms with Gasteiger partial charge in [0.05, 0.1) is 4.47 Å². The fourth-order valence-corrected chi connectivity index (χ4v) is 1.63. The minimum Gasteiger partial charge on any atom is -0.359 e. The molecule has 0 atom stereocenters. The molecule has 0 aliphatic carbocycles. The monoisotopic (exact) mass is 227 g/mol. The van der Waals surface area contributed by atoms with Crippen LogP contribution in [0.25, 0.3) is 10.9 Å². The van der Waals surface area contributed by atoms with E-state index < -0.39 is 0 Å². The Kier molecular flexibility index (Phi) is 1.68. The van der Waals surface area contributed by atoms with Gasteiger partial charge < -0.3 is 4.98 Å². The summed E-state index contributed by atoms with van der Waals surface area (Å²) in [7, 11) is 0. The molecule has 1 aromatic carbocycles. The van der Waals surface area contributed by atoms with E-state index >= 15 is 0 Å². The summed E-state index contributed by atoms with van der Waals surface area (Å²) in [4.78, 5) is 3.07. The highest BCUT2D eigenvalue weighted by molar-refractivity contribution is 9.10. The number of H-pyrrole nitrogens is 1. The highest BCUT2D eigenvalue weighted by Gasteiger charge is 2.03. The van der Waals surface area contributed by atoms with Crippen LogP contribution in [0.3, 0.4) is 0 Å². The van der Waals surface area contributed by atoms with Crippen molar-refractivity contribution in [3.63, 3.8) is 0 Å². The lowest BCUT2D eigenvalue weighted by molar-refractivity contribution is 0.623. The molecular weight excluding hydrogens is 221 g/mol. The van der Waals surface area contributed by atoms with Gasteiger partial charge in [-0.05, 0) is 41.1 Å². The van der Waals surface area contributed by atoms with Crippen LogP contribution in [0.1, 0.15) is 5.69 Å². The van der Waals surface area contributed by atoms with Crippen LogP contribution in [-0.4, -0.2) is 4.98 Å². The molecule has 0 fully saturated rings. The van der Waals surface area contributed by atoms with Crippen LogP contribution in [-0.2, 0) is 0 Å². The van der Waals surface area contributed by atoms with E-state index in [1.54, 1.807) is 6.07 Å². The van der Waals surface area contributed by atoms with Gasteiger partial charge in [0, 0.05) is 16.6 Å². The Morgan fingerprint density at radius 3 is 2.83 bits per heavy atom. The first kappa shape index (κ1) is 7.80. The molecule has 1 N–H and O–H groups in total. The quantitative estimate of drug-likeness (QED) is 0.711. The second kappa shape index (κ2) is 2.59. The van der Waals surface area contributed by atoms with Gasteiger partial charge in [0.2, 0.25) is 0 Å². The third kappa shape index (κ3) is 1.14. The molecule has 0 unspecified atom stereocenters. The van der Waals surface area contributed by atoms with Crippen molar-refractivity contribution >= 4 is 26.8 Å². The number of nitrogens with one attached hydrogen (secondary N) is 1. The molecule has 0 aliphatic rings. The molecule has 0 amide bonds. The van der Waals surface area contributed by atoms with Crippen molar-refractivity contribution in [1.29, 1.82) is 0 Å². The number of fused-ring (bicyclic) bond motifs is 1. The molecular formula is C9H7BrFN. The number of aryl methyl sites for hydroxylation is 1. The first-order valence-corrected chi connectivity index (χ1v) is 4.40. The van der Waals surface area contributed by atoms with Gasteiger partial charge in [0.25, 0.3) is 0 Å². The lowest BCUT2D eigenvalue weighted by atomic mass is 10.2. The van der Waals surface area contributed by atoms with Crippen LogP contribution in [0.15, 0.2) is 22.7 Å². The smallest absolute Gasteiger partial charge is 0.139 e. The standard InChI is InChI=1S/C9H7BrFN/c1-5-2-6-3-7(10)8(11)4-9(6)12-5/h2-4,12H,1H3. The van der Waals surface area contributed by atoms with E-state index in [2.05, 4.69) is 20.9 Å². The zero-order valence-electron chi connectivity index (χ0n) is 6.49. The second-order valence-electron chi connectivity index (χ2n) is 2.81. The molecule has 62 valence electrons. The molecule has 12 heavy (non-hydrogen) atoms. The molecule has 0 aliphatic heterocycles. The predicted octanol–water partition coefficient (Wildman–Crippen LogP) is 3.38. The highest BCUT2D eigenvalue weighted by atomic mass is 79.9. The molecule has 0 saturated heterocycles. The summed E-state index contributed by atoms with van der Waals surface area (Å²) >= 11 is 3.14. The van der Waals surface area contributed by atoms with Crippen molar-refractivity contribution in [2.45, 2.75) is 6.92 Å². The summed E-state index contributed by atoms with van der Waals surface area (Å²) in [5.41, 5.74) is 1.88. The maximum Gasteiger partial charge on any atom is 0.139 e. The summed E-state index contributed by atoms with van der Waals surface area (Å²) < 4.78 is 13.5. The normalized spacial score (nSPS) is 10.9. The highest BCUT2D eigenvalue weighted by Crippen LogP contribution is 2.23. The molecule has 1 heterocycles. The lowest BCUT2D eigenvalue weighted by Crippen LogP contribution is -1.76. The molecule has 2 aromatic rings. The topological polar surface area (TPSA) is 15.8 Å². The zero-order chi connectivity index (χ0) is 8.72. The third-order valence-corrected chi connectivity index (χ3v) is 2.40. The summed E-state index contributed by atoms with van der Waals surface area (Å²) in [6, 6.07) is 5.25. The first-order chi connectivity index (χ1) is 5.66. The van der Waals surface area contributed by atoms with E-state index in [0.29, 0.717) is 4.47 Å². The lowest BCUT2D eigenvalue weighted by Gasteiger charge is -1.93. The van der Waals surface area contributed by atoms with Gasteiger partial charge in [-0.15, -0.1) is 0 Å². The minimum absolute atomic E-state index is 0.232. The van der Waals surface area contributed by atoms with Crippen LogP contribution in [0, 0.1) is 12.7 Å². The van der Waals surface area contributed by atoms with Gasteiger partial charge >= 0.3 is 0 Å². The fraction of sp³-hybridized carbons (Fsp3) is 0.111. The number of rotatable bonds is 0. The largest absolute Gasteiger partial charge is 0.359 e. The van der Waals surface area contributed by atoms with Crippen LogP contribution in [0.5, 0.6) is 0 Å². The molecule has 0 bridgehead atoms. The Morgan fingerprint density at radius 1 is 1.33 bits per heavy atom. The first-order valence-electron chi connectivity index (χ1n) is 3.61. The van der Waals surface area contributed by atoms with Gasteiger partial charge in [-0.3, -0.25) is 0 Å². The van der Waals surface area contributed by atoms with E-state index in [9.17, 15) is 4.39 Å². The van der Waals surface area contributed by atoms with Crippen molar-refractivity contribution < 1.29 is 4.39 Å². The minimum atomic E-state index is -0.232. The SMILES string of the molecule is Cc1cc2cc(Br)c(F)cc2[nH]1. The Labute approximate surface area is 77.7 Å². The summed E-state index contributed by atoms with van der Waals surface area (Å²) in [6.45, 7) is 1.95. The molecule has 0 saturated carbocycles. The van der Waals surface area contributed by atoms with E-state index in [4.69, 9.17) is 0 Å². The fourth-order valence-electron chi connectivity index (χ4n) is 1.27. The average Bonchev–Trinajstić information content (AvgIpc) is 2.30. The number of hydrogen-bond acceptors (Lipinski definition) is 0. The van der Waals surface area contributed by atoms with E-state index in [-0.39, 0.29) is 5.82 Å². The Hall–Kier alpha value is -0.830. The Bertz CT molecular complexity index is 394. The number of aromatic nitrogens is 1. The molecule has 2 rings (SSSR count). The zero-order valence-corrected chi connectivity index (χ0v) is 8.07. The van der Waals surface area contributed by atoms with Crippen molar-refractivity contribution in [1.82, 2.24) is 4.98 Å². The number of hydrogen-bond donors (Lipinski definition) is 1. The van der Waals surface area contributed by atoms with Crippen LogP contribution in [0.4, 0.5) is 4.39 Å². The number of benzene rings is 1. The molecule has 3 heteroatoms. The summed E-state index contributed by atoms with van der Waals surface area (Å²) in [6.07, 6.45) is 0. The predicted molar refractivity (Wildman–Crippen MR) is 50.7 cm³/mol. The van der Waals surface area contributed by atoms with Crippen LogP contribution in [0.2, 0.25) is 0 Å².